The Labute approximate surface area is 97.0 Å². The fraction of sp³-hybridized carbons (Fsp3) is 0.750. The zero-order valence-corrected chi connectivity index (χ0v) is 10.1. The third-order valence-electron chi connectivity index (χ3n) is 2.98. The van der Waals surface area contributed by atoms with Crippen molar-refractivity contribution >= 4 is 5.95 Å². The van der Waals surface area contributed by atoms with E-state index in [1.165, 1.54) is 19.3 Å². The number of imidazole rings is 1. The molecule has 1 aromatic heterocycles. The summed E-state index contributed by atoms with van der Waals surface area (Å²) in [6, 6.07) is 0.298. The number of ether oxygens (including phenoxy) is 1. The van der Waals surface area contributed by atoms with Crippen LogP contribution in [0.5, 0.6) is 0 Å². The fourth-order valence-electron chi connectivity index (χ4n) is 1.87. The number of methoxy groups -OCH3 is 1. The van der Waals surface area contributed by atoms with Crippen molar-refractivity contribution in [3.63, 3.8) is 0 Å². The summed E-state index contributed by atoms with van der Waals surface area (Å²) in [5.74, 6) is 1.93. The van der Waals surface area contributed by atoms with Gasteiger partial charge in [0, 0.05) is 32.1 Å². The van der Waals surface area contributed by atoms with Crippen LogP contribution < -0.4 is 5.32 Å². The van der Waals surface area contributed by atoms with Gasteiger partial charge in [0.25, 0.3) is 0 Å². The van der Waals surface area contributed by atoms with Crippen molar-refractivity contribution < 1.29 is 4.74 Å². The van der Waals surface area contributed by atoms with E-state index in [-0.39, 0.29) is 0 Å². The second kappa shape index (κ2) is 5.34. The third-order valence-corrected chi connectivity index (χ3v) is 2.98. The zero-order chi connectivity index (χ0) is 11.4. The van der Waals surface area contributed by atoms with Crippen LogP contribution in [-0.2, 0) is 11.3 Å². The summed E-state index contributed by atoms with van der Waals surface area (Å²) < 4.78 is 7.30. The van der Waals surface area contributed by atoms with E-state index < -0.39 is 0 Å². The number of anilines is 1. The van der Waals surface area contributed by atoms with Crippen LogP contribution in [0.2, 0.25) is 0 Å². The number of rotatable bonds is 7. The monoisotopic (exact) mass is 223 g/mol. The highest BCUT2D eigenvalue weighted by atomic mass is 16.5. The lowest BCUT2D eigenvalue weighted by Crippen LogP contribution is -2.23. The summed E-state index contributed by atoms with van der Waals surface area (Å²) in [5.41, 5.74) is 0. The number of aromatic nitrogens is 2. The minimum atomic E-state index is 0.298. The number of nitrogens with one attached hydrogen (secondary N) is 1. The third kappa shape index (κ3) is 3.23. The minimum Gasteiger partial charge on any atom is -0.383 e. The Morgan fingerprint density at radius 1 is 1.62 bits per heavy atom. The molecule has 4 nitrogen and oxygen atoms in total. The quantitative estimate of drug-likeness (QED) is 0.769. The smallest absolute Gasteiger partial charge is 0.203 e. The predicted octanol–water partition coefficient (Wildman–Crippen LogP) is 2.13. The average Bonchev–Trinajstić information content (AvgIpc) is 2.98. The molecule has 16 heavy (non-hydrogen) atoms. The normalized spacial score (nSPS) is 17.4. The van der Waals surface area contributed by atoms with Gasteiger partial charge >= 0.3 is 0 Å². The maximum atomic E-state index is 5.10. The van der Waals surface area contributed by atoms with Gasteiger partial charge in [0.2, 0.25) is 5.95 Å². The van der Waals surface area contributed by atoms with Crippen molar-refractivity contribution in [1.82, 2.24) is 9.55 Å². The summed E-state index contributed by atoms with van der Waals surface area (Å²) in [5, 5.41) is 3.36. The van der Waals surface area contributed by atoms with Crippen molar-refractivity contribution in [2.45, 2.75) is 38.8 Å². The van der Waals surface area contributed by atoms with E-state index >= 15 is 0 Å². The van der Waals surface area contributed by atoms with Crippen LogP contribution in [0, 0.1) is 5.92 Å². The molecule has 0 saturated heterocycles. The highest BCUT2D eigenvalue weighted by Crippen LogP contribution is 2.32. The molecule has 0 spiro atoms. The lowest BCUT2D eigenvalue weighted by atomic mass is 10.3. The largest absolute Gasteiger partial charge is 0.383 e. The molecule has 0 amide bonds. The molecule has 0 aliphatic heterocycles. The lowest BCUT2D eigenvalue weighted by molar-refractivity contribution is 0.190. The summed E-state index contributed by atoms with van der Waals surface area (Å²) >= 11 is 0. The predicted molar refractivity (Wildman–Crippen MR) is 64.5 cm³/mol. The van der Waals surface area contributed by atoms with Gasteiger partial charge < -0.3 is 14.6 Å². The molecule has 1 N–H and O–H groups in total. The van der Waals surface area contributed by atoms with E-state index in [1.807, 2.05) is 12.4 Å². The lowest BCUT2D eigenvalue weighted by Gasteiger charge is -2.15. The Morgan fingerprint density at radius 2 is 2.44 bits per heavy atom. The molecule has 0 bridgehead atoms. The second-order valence-corrected chi connectivity index (χ2v) is 4.68. The fourth-order valence-corrected chi connectivity index (χ4v) is 1.87. The maximum Gasteiger partial charge on any atom is 0.203 e. The second-order valence-electron chi connectivity index (χ2n) is 4.68. The van der Waals surface area contributed by atoms with Crippen molar-refractivity contribution in [1.29, 1.82) is 0 Å². The SMILES string of the molecule is COCC(C)Nc1nccn1CCC1CC1. The van der Waals surface area contributed by atoms with Crippen LogP contribution in [0.1, 0.15) is 26.2 Å². The molecule has 1 saturated carbocycles. The maximum absolute atomic E-state index is 5.10. The molecule has 1 aliphatic carbocycles. The number of hydrogen-bond acceptors (Lipinski definition) is 3. The van der Waals surface area contributed by atoms with Crippen LogP contribution in [0.4, 0.5) is 5.95 Å². The Balaban J connectivity index is 1.84. The van der Waals surface area contributed by atoms with Gasteiger partial charge in [0.1, 0.15) is 0 Å². The molecular weight excluding hydrogens is 202 g/mol. The molecule has 1 heterocycles. The van der Waals surface area contributed by atoms with Crippen molar-refractivity contribution in [2.24, 2.45) is 5.92 Å². The standard InChI is InChI=1S/C12H21N3O/c1-10(9-16-2)14-12-13-6-8-15(12)7-5-11-3-4-11/h6,8,10-11H,3-5,7,9H2,1-2H3,(H,13,14). The topological polar surface area (TPSA) is 39.1 Å². The van der Waals surface area contributed by atoms with Crippen LogP contribution >= 0.6 is 0 Å². The summed E-state index contributed by atoms with van der Waals surface area (Å²) in [7, 11) is 1.72. The molecule has 1 aromatic rings. The molecule has 1 atom stereocenters. The average molecular weight is 223 g/mol. The van der Waals surface area contributed by atoms with E-state index in [4.69, 9.17) is 4.74 Å². The van der Waals surface area contributed by atoms with Crippen LogP contribution in [0.15, 0.2) is 12.4 Å². The molecular formula is C12H21N3O. The molecule has 4 heteroatoms. The summed E-state index contributed by atoms with van der Waals surface area (Å²) in [6.45, 7) is 3.88. The molecule has 0 aromatic carbocycles. The Hall–Kier alpha value is -1.03. The van der Waals surface area contributed by atoms with Crippen molar-refractivity contribution in [3.05, 3.63) is 12.4 Å². The first-order valence-electron chi connectivity index (χ1n) is 6.06. The molecule has 1 aliphatic rings. The highest BCUT2D eigenvalue weighted by molar-refractivity contribution is 5.27. The molecule has 1 fully saturated rings. The number of nitrogens with zero attached hydrogens (tertiary/aromatic N) is 2. The van der Waals surface area contributed by atoms with E-state index in [1.54, 1.807) is 7.11 Å². The van der Waals surface area contributed by atoms with Gasteiger partial charge in [-0.15, -0.1) is 0 Å². The van der Waals surface area contributed by atoms with Crippen LogP contribution in [0.25, 0.3) is 0 Å². The Morgan fingerprint density at radius 3 is 3.12 bits per heavy atom. The van der Waals surface area contributed by atoms with Gasteiger partial charge in [-0.2, -0.15) is 0 Å². The van der Waals surface area contributed by atoms with E-state index in [9.17, 15) is 0 Å². The van der Waals surface area contributed by atoms with Crippen molar-refractivity contribution in [3.8, 4) is 0 Å². The van der Waals surface area contributed by atoms with Gasteiger partial charge in [0.15, 0.2) is 0 Å². The van der Waals surface area contributed by atoms with Crippen LogP contribution in [0.3, 0.4) is 0 Å². The molecule has 90 valence electrons. The van der Waals surface area contributed by atoms with Gasteiger partial charge in [0.05, 0.1) is 6.61 Å². The van der Waals surface area contributed by atoms with Gasteiger partial charge in [-0.1, -0.05) is 12.8 Å². The Bertz CT molecular complexity index is 320. The first kappa shape index (κ1) is 11.5. The van der Waals surface area contributed by atoms with Gasteiger partial charge in [-0.3, -0.25) is 0 Å². The first-order chi connectivity index (χ1) is 7.79. The van der Waals surface area contributed by atoms with Gasteiger partial charge in [-0.05, 0) is 19.3 Å². The van der Waals surface area contributed by atoms with E-state index in [0.29, 0.717) is 12.6 Å². The van der Waals surface area contributed by atoms with E-state index in [2.05, 4.69) is 21.8 Å². The highest BCUT2D eigenvalue weighted by Gasteiger charge is 2.21. The molecule has 2 rings (SSSR count). The summed E-state index contributed by atoms with van der Waals surface area (Å²) in [6.07, 6.45) is 8.01. The summed E-state index contributed by atoms with van der Waals surface area (Å²) in [4.78, 5) is 4.33. The van der Waals surface area contributed by atoms with Crippen LogP contribution in [-0.4, -0.2) is 29.3 Å². The molecule has 1 unspecified atom stereocenters. The molecule has 0 radical (unpaired) electrons. The Kier molecular flexibility index (Phi) is 3.83. The number of hydrogen-bond donors (Lipinski definition) is 1. The first-order valence-corrected chi connectivity index (χ1v) is 6.06. The van der Waals surface area contributed by atoms with E-state index in [0.717, 1.165) is 18.4 Å². The zero-order valence-electron chi connectivity index (χ0n) is 10.1. The van der Waals surface area contributed by atoms with Crippen molar-refractivity contribution in [2.75, 3.05) is 19.0 Å². The minimum absolute atomic E-state index is 0.298. The van der Waals surface area contributed by atoms with Gasteiger partial charge in [-0.25, -0.2) is 4.98 Å². The number of aryl methyl sites for hydroxylation is 1.